The molecule has 0 radical (unpaired) electrons. The molecule has 0 bridgehead atoms. The molecule has 0 unspecified atom stereocenters. The number of ether oxygens (including phenoxy) is 1. The van der Waals surface area contributed by atoms with Gasteiger partial charge in [0.15, 0.2) is 0 Å². The van der Waals surface area contributed by atoms with Crippen molar-refractivity contribution < 1.29 is 9.84 Å². The number of allylic oxidation sites excluding steroid dienone is 2. The minimum atomic E-state index is 0.155. The van der Waals surface area contributed by atoms with Crippen LogP contribution in [0.15, 0.2) is 23.3 Å². The van der Waals surface area contributed by atoms with Gasteiger partial charge >= 0.3 is 0 Å². The van der Waals surface area contributed by atoms with Crippen LogP contribution in [0, 0.1) is 0 Å². The Hall–Kier alpha value is -0.640. The van der Waals surface area contributed by atoms with Crippen LogP contribution >= 0.6 is 0 Å². The Bertz CT molecular complexity index is 265. The molecule has 0 spiro atoms. The number of nitrogens with zero attached hydrogens (tertiary/aromatic N) is 1. The Morgan fingerprint density at radius 2 is 1.88 bits per heavy atom. The van der Waals surface area contributed by atoms with E-state index in [2.05, 4.69) is 24.8 Å². The standard InChI is InChI=1S/C14H25NO2/c1-13(6-9-16)4-3-5-14(2)12-15-7-10-17-11-8-15/h5-6,16H,3-4,7-12H2,1-2H3. The van der Waals surface area contributed by atoms with E-state index in [0.717, 1.165) is 45.7 Å². The van der Waals surface area contributed by atoms with Gasteiger partial charge in [-0.05, 0) is 26.7 Å². The van der Waals surface area contributed by atoms with Gasteiger partial charge in [0, 0.05) is 19.6 Å². The first-order chi connectivity index (χ1) is 8.22. The summed E-state index contributed by atoms with van der Waals surface area (Å²) in [6.07, 6.45) is 6.30. The maximum Gasteiger partial charge on any atom is 0.0614 e. The topological polar surface area (TPSA) is 32.7 Å². The van der Waals surface area contributed by atoms with E-state index < -0.39 is 0 Å². The summed E-state index contributed by atoms with van der Waals surface area (Å²) >= 11 is 0. The average Bonchev–Trinajstić information content (AvgIpc) is 2.30. The number of hydrogen-bond donors (Lipinski definition) is 1. The fourth-order valence-electron chi connectivity index (χ4n) is 1.98. The lowest BCUT2D eigenvalue weighted by Crippen LogP contribution is -2.37. The summed E-state index contributed by atoms with van der Waals surface area (Å²) < 4.78 is 5.33. The Morgan fingerprint density at radius 1 is 1.18 bits per heavy atom. The van der Waals surface area contributed by atoms with Crippen molar-refractivity contribution in [1.29, 1.82) is 0 Å². The van der Waals surface area contributed by atoms with Gasteiger partial charge in [-0.25, -0.2) is 0 Å². The van der Waals surface area contributed by atoms with Gasteiger partial charge in [-0.3, -0.25) is 4.90 Å². The summed E-state index contributed by atoms with van der Waals surface area (Å²) in [6.45, 7) is 9.32. The molecule has 0 atom stereocenters. The van der Waals surface area contributed by atoms with Gasteiger partial charge in [-0.2, -0.15) is 0 Å². The molecule has 1 saturated heterocycles. The van der Waals surface area contributed by atoms with Crippen molar-refractivity contribution in [1.82, 2.24) is 4.90 Å². The third-order valence-corrected chi connectivity index (χ3v) is 3.05. The maximum atomic E-state index is 8.75. The highest BCUT2D eigenvalue weighted by Crippen LogP contribution is 2.08. The number of aliphatic hydroxyl groups excluding tert-OH is 1. The summed E-state index contributed by atoms with van der Waals surface area (Å²) in [4.78, 5) is 2.44. The van der Waals surface area contributed by atoms with Crippen LogP contribution in [0.5, 0.6) is 0 Å². The van der Waals surface area contributed by atoms with Gasteiger partial charge in [-0.15, -0.1) is 0 Å². The predicted molar refractivity (Wildman–Crippen MR) is 71.1 cm³/mol. The highest BCUT2D eigenvalue weighted by Gasteiger charge is 2.09. The van der Waals surface area contributed by atoms with E-state index in [4.69, 9.17) is 9.84 Å². The van der Waals surface area contributed by atoms with Crippen LogP contribution in [0.1, 0.15) is 26.7 Å². The van der Waals surface area contributed by atoms with Crippen LogP contribution in [0.3, 0.4) is 0 Å². The van der Waals surface area contributed by atoms with Crippen LogP contribution < -0.4 is 0 Å². The van der Waals surface area contributed by atoms with E-state index in [1.165, 1.54) is 11.1 Å². The smallest absolute Gasteiger partial charge is 0.0614 e. The lowest BCUT2D eigenvalue weighted by atomic mass is 10.1. The van der Waals surface area contributed by atoms with Crippen molar-refractivity contribution >= 4 is 0 Å². The monoisotopic (exact) mass is 239 g/mol. The molecular formula is C14H25NO2. The molecule has 3 nitrogen and oxygen atoms in total. The van der Waals surface area contributed by atoms with E-state index in [9.17, 15) is 0 Å². The normalized spacial score (nSPS) is 19.7. The molecule has 98 valence electrons. The zero-order chi connectivity index (χ0) is 12.5. The summed E-state index contributed by atoms with van der Waals surface area (Å²) in [5, 5.41) is 8.75. The zero-order valence-corrected chi connectivity index (χ0v) is 11.1. The van der Waals surface area contributed by atoms with Crippen molar-refractivity contribution in [3.8, 4) is 0 Å². The van der Waals surface area contributed by atoms with Crippen molar-refractivity contribution in [2.24, 2.45) is 0 Å². The molecule has 0 aromatic carbocycles. The molecule has 3 heteroatoms. The largest absolute Gasteiger partial charge is 0.392 e. The Balaban J connectivity index is 2.21. The molecule has 0 aliphatic carbocycles. The highest BCUT2D eigenvalue weighted by molar-refractivity contribution is 5.05. The molecule has 0 amide bonds. The summed E-state index contributed by atoms with van der Waals surface area (Å²) in [5.41, 5.74) is 2.70. The van der Waals surface area contributed by atoms with Gasteiger partial charge in [-0.1, -0.05) is 23.3 Å². The van der Waals surface area contributed by atoms with Crippen LogP contribution in [0.2, 0.25) is 0 Å². The van der Waals surface area contributed by atoms with E-state index in [0.29, 0.717) is 0 Å². The molecular weight excluding hydrogens is 214 g/mol. The molecule has 1 aliphatic heterocycles. The molecule has 1 fully saturated rings. The van der Waals surface area contributed by atoms with Crippen LogP contribution in [-0.2, 0) is 4.74 Å². The van der Waals surface area contributed by atoms with Crippen LogP contribution in [-0.4, -0.2) is 49.5 Å². The van der Waals surface area contributed by atoms with Crippen molar-refractivity contribution in [2.45, 2.75) is 26.7 Å². The van der Waals surface area contributed by atoms with E-state index in [-0.39, 0.29) is 6.61 Å². The minimum Gasteiger partial charge on any atom is -0.392 e. The second-order valence-corrected chi connectivity index (χ2v) is 4.71. The fraction of sp³-hybridized carbons (Fsp3) is 0.714. The Kier molecular flexibility index (Phi) is 7.17. The number of aliphatic hydroxyl groups is 1. The van der Waals surface area contributed by atoms with Gasteiger partial charge < -0.3 is 9.84 Å². The minimum absolute atomic E-state index is 0.155. The summed E-state index contributed by atoms with van der Waals surface area (Å²) in [6, 6.07) is 0. The molecule has 0 saturated carbocycles. The van der Waals surface area contributed by atoms with Crippen molar-refractivity contribution in [3.63, 3.8) is 0 Å². The average molecular weight is 239 g/mol. The van der Waals surface area contributed by atoms with Crippen LogP contribution in [0.4, 0.5) is 0 Å². The van der Waals surface area contributed by atoms with Gasteiger partial charge in [0.2, 0.25) is 0 Å². The Morgan fingerprint density at radius 3 is 2.53 bits per heavy atom. The maximum absolute atomic E-state index is 8.75. The molecule has 0 aromatic rings. The number of rotatable bonds is 6. The van der Waals surface area contributed by atoms with Crippen molar-refractivity contribution in [2.75, 3.05) is 39.5 Å². The predicted octanol–water partition coefficient (Wildman–Crippen LogP) is 1.98. The molecule has 1 aliphatic rings. The zero-order valence-electron chi connectivity index (χ0n) is 11.1. The van der Waals surface area contributed by atoms with Crippen molar-refractivity contribution in [3.05, 3.63) is 23.3 Å². The van der Waals surface area contributed by atoms with Gasteiger partial charge in [0.05, 0.1) is 19.8 Å². The highest BCUT2D eigenvalue weighted by atomic mass is 16.5. The second kappa shape index (κ2) is 8.45. The first-order valence-electron chi connectivity index (χ1n) is 6.44. The van der Waals surface area contributed by atoms with E-state index in [1.807, 2.05) is 6.08 Å². The van der Waals surface area contributed by atoms with E-state index >= 15 is 0 Å². The Labute approximate surface area is 105 Å². The molecule has 0 aromatic heterocycles. The molecule has 1 heterocycles. The summed E-state index contributed by atoms with van der Waals surface area (Å²) in [7, 11) is 0. The first kappa shape index (κ1) is 14.4. The number of morpholine rings is 1. The van der Waals surface area contributed by atoms with Gasteiger partial charge in [0.1, 0.15) is 0 Å². The van der Waals surface area contributed by atoms with E-state index in [1.54, 1.807) is 0 Å². The summed E-state index contributed by atoms with van der Waals surface area (Å²) in [5.74, 6) is 0. The SMILES string of the molecule is CC(=CCO)CCC=C(C)CN1CCOCC1. The lowest BCUT2D eigenvalue weighted by molar-refractivity contribution is 0.0422. The lowest BCUT2D eigenvalue weighted by Gasteiger charge is -2.26. The van der Waals surface area contributed by atoms with Crippen LogP contribution in [0.25, 0.3) is 0 Å². The quantitative estimate of drug-likeness (QED) is 0.719. The third kappa shape index (κ3) is 6.61. The number of hydrogen-bond acceptors (Lipinski definition) is 3. The first-order valence-corrected chi connectivity index (χ1v) is 6.44. The van der Waals surface area contributed by atoms with Gasteiger partial charge in [0.25, 0.3) is 0 Å². The molecule has 1 N–H and O–H groups in total. The second-order valence-electron chi connectivity index (χ2n) is 4.71. The third-order valence-electron chi connectivity index (χ3n) is 3.05. The molecule has 1 rings (SSSR count). The fourth-order valence-corrected chi connectivity index (χ4v) is 1.98. The molecule has 17 heavy (non-hydrogen) atoms.